The minimum Gasteiger partial charge on any atom is -0.396 e. The summed E-state index contributed by atoms with van der Waals surface area (Å²) in [6.07, 6.45) is 5.60. The first kappa shape index (κ1) is 13.7. The van der Waals surface area contributed by atoms with Crippen molar-refractivity contribution in [3.05, 3.63) is 27.9 Å². The smallest absolute Gasteiger partial charge is 0.290 e. The Kier molecular flexibility index (Phi) is 3.99. The maximum Gasteiger partial charge on any atom is 0.290 e. The molecule has 1 aromatic heterocycles. The van der Waals surface area contributed by atoms with Gasteiger partial charge in [0, 0.05) is 17.5 Å². The van der Waals surface area contributed by atoms with Gasteiger partial charge in [0.05, 0.1) is 11.5 Å². The monoisotopic (exact) mass is 265 g/mol. The second kappa shape index (κ2) is 5.52. The molecule has 0 spiro atoms. The van der Waals surface area contributed by atoms with E-state index in [1.165, 1.54) is 6.20 Å². The number of nitrogens with one attached hydrogen (secondary N) is 1. The molecule has 0 unspecified atom stereocenters. The number of aliphatic hydroxyl groups is 1. The quantitative estimate of drug-likeness (QED) is 0.629. The summed E-state index contributed by atoms with van der Waals surface area (Å²) in [7, 11) is 0. The predicted molar refractivity (Wildman–Crippen MR) is 72.1 cm³/mol. The highest BCUT2D eigenvalue weighted by Crippen LogP contribution is 2.37. The van der Waals surface area contributed by atoms with E-state index >= 15 is 0 Å². The summed E-state index contributed by atoms with van der Waals surface area (Å²) in [5.74, 6) is 0.628. The van der Waals surface area contributed by atoms with Crippen molar-refractivity contribution in [1.29, 1.82) is 0 Å². The Morgan fingerprint density at radius 1 is 1.53 bits per heavy atom. The zero-order valence-electron chi connectivity index (χ0n) is 11.1. The van der Waals surface area contributed by atoms with Crippen LogP contribution in [0.25, 0.3) is 0 Å². The number of hydrogen-bond acceptors (Lipinski definition) is 5. The molecule has 6 nitrogen and oxygen atoms in total. The molecule has 0 saturated heterocycles. The van der Waals surface area contributed by atoms with Crippen LogP contribution in [0.3, 0.4) is 0 Å². The van der Waals surface area contributed by atoms with E-state index in [-0.39, 0.29) is 17.7 Å². The van der Waals surface area contributed by atoms with Crippen LogP contribution in [0.15, 0.2) is 12.3 Å². The topological polar surface area (TPSA) is 88.3 Å². The molecule has 1 aliphatic carbocycles. The van der Waals surface area contributed by atoms with Gasteiger partial charge in [-0.2, -0.15) is 0 Å². The van der Waals surface area contributed by atoms with Crippen LogP contribution in [0, 0.1) is 22.5 Å². The molecule has 2 N–H and O–H groups in total. The second-order valence-electron chi connectivity index (χ2n) is 5.33. The maximum atomic E-state index is 10.7. The number of hydrogen-bond donors (Lipinski definition) is 2. The number of nitrogens with zero attached hydrogens (tertiary/aromatic N) is 2. The molecule has 1 aliphatic rings. The summed E-state index contributed by atoms with van der Waals surface area (Å²) in [4.78, 5) is 14.3. The van der Waals surface area contributed by atoms with Gasteiger partial charge in [0.1, 0.15) is 12.0 Å². The van der Waals surface area contributed by atoms with Crippen LogP contribution in [-0.4, -0.2) is 28.2 Å². The van der Waals surface area contributed by atoms with Gasteiger partial charge < -0.3 is 10.4 Å². The summed E-state index contributed by atoms with van der Waals surface area (Å²) in [6, 6.07) is 1.68. The molecule has 1 heterocycles. The number of pyridine rings is 1. The van der Waals surface area contributed by atoms with Crippen LogP contribution in [0.2, 0.25) is 0 Å². The molecule has 0 aliphatic heterocycles. The van der Waals surface area contributed by atoms with Gasteiger partial charge in [-0.15, -0.1) is 0 Å². The van der Waals surface area contributed by atoms with Crippen molar-refractivity contribution >= 4 is 11.5 Å². The summed E-state index contributed by atoms with van der Waals surface area (Å²) < 4.78 is 0. The summed E-state index contributed by atoms with van der Waals surface area (Å²) in [5, 5.41) is 23.4. The predicted octanol–water partition coefficient (Wildman–Crippen LogP) is 2.26. The standard InChI is InChI=1S/C13H19N3O3/c1-10-6-12(14-7-11(10)16(18)19)15-8-13(9-17)4-2-3-5-13/h6-7,17H,2-5,8-9H2,1H3,(H,14,15). The largest absolute Gasteiger partial charge is 0.396 e. The summed E-state index contributed by atoms with van der Waals surface area (Å²) in [5.41, 5.74) is 0.562. The number of anilines is 1. The summed E-state index contributed by atoms with van der Waals surface area (Å²) >= 11 is 0. The lowest BCUT2D eigenvalue weighted by molar-refractivity contribution is -0.385. The molecule has 19 heavy (non-hydrogen) atoms. The lowest BCUT2D eigenvalue weighted by atomic mass is 9.87. The van der Waals surface area contributed by atoms with E-state index in [9.17, 15) is 15.2 Å². The van der Waals surface area contributed by atoms with E-state index < -0.39 is 4.92 Å². The Balaban J connectivity index is 2.03. The second-order valence-corrected chi connectivity index (χ2v) is 5.33. The molecule has 0 radical (unpaired) electrons. The number of aliphatic hydroxyl groups excluding tert-OH is 1. The van der Waals surface area contributed by atoms with Crippen LogP contribution >= 0.6 is 0 Å². The van der Waals surface area contributed by atoms with Crippen LogP contribution in [0.1, 0.15) is 31.2 Å². The van der Waals surface area contributed by atoms with Crippen molar-refractivity contribution in [3.63, 3.8) is 0 Å². The molecule has 0 aromatic carbocycles. The average molecular weight is 265 g/mol. The van der Waals surface area contributed by atoms with E-state index in [1.54, 1.807) is 13.0 Å². The lowest BCUT2D eigenvalue weighted by Gasteiger charge is -2.26. The van der Waals surface area contributed by atoms with Gasteiger partial charge in [-0.3, -0.25) is 10.1 Å². The zero-order valence-corrected chi connectivity index (χ0v) is 11.1. The zero-order chi connectivity index (χ0) is 13.9. The van der Waals surface area contributed by atoms with Gasteiger partial charge in [0.25, 0.3) is 5.69 Å². The number of aromatic nitrogens is 1. The number of aryl methyl sites for hydroxylation is 1. The minimum absolute atomic E-state index is 0.0308. The molecule has 1 fully saturated rings. The molecule has 104 valence electrons. The third-order valence-corrected chi connectivity index (χ3v) is 3.92. The normalized spacial score (nSPS) is 17.4. The Labute approximate surface area is 112 Å². The molecule has 0 atom stereocenters. The van der Waals surface area contributed by atoms with Crippen molar-refractivity contribution in [2.45, 2.75) is 32.6 Å². The number of rotatable bonds is 5. The fourth-order valence-electron chi connectivity index (χ4n) is 2.63. The SMILES string of the molecule is Cc1cc(NCC2(CO)CCCC2)ncc1[N+](=O)[O-]. The Bertz CT molecular complexity index is 470. The molecule has 6 heteroatoms. The van der Waals surface area contributed by atoms with E-state index in [4.69, 9.17) is 0 Å². The minimum atomic E-state index is -0.432. The van der Waals surface area contributed by atoms with E-state index in [0.717, 1.165) is 25.7 Å². The first-order valence-electron chi connectivity index (χ1n) is 6.52. The fourth-order valence-corrected chi connectivity index (χ4v) is 2.63. The van der Waals surface area contributed by atoms with Crippen LogP contribution < -0.4 is 5.32 Å². The Morgan fingerprint density at radius 3 is 2.74 bits per heavy atom. The Hall–Kier alpha value is -1.69. The van der Waals surface area contributed by atoms with E-state index in [1.807, 2.05) is 0 Å². The van der Waals surface area contributed by atoms with Crippen molar-refractivity contribution in [2.24, 2.45) is 5.41 Å². The molecule has 0 amide bonds. The molecule has 1 saturated carbocycles. The Morgan fingerprint density at radius 2 is 2.21 bits per heavy atom. The van der Waals surface area contributed by atoms with Gasteiger partial charge in [-0.25, -0.2) is 4.98 Å². The maximum absolute atomic E-state index is 10.7. The average Bonchev–Trinajstić information content (AvgIpc) is 2.85. The van der Waals surface area contributed by atoms with Crippen molar-refractivity contribution in [3.8, 4) is 0 Å². The van der Waals surface area contributed by atoms with E-state index in [0.29, 0.717) is 17.9 Å². The van der Waals surface area contributed by atoms with Crippen LogP contribution in [-0.2, 0) is 0 Å². The number of nitro groups is 1. The molecule has 1 aromatic rings. The fraction of sp³-hybridized carbons (Fsp3) is 0.615. The first-order valence-corrected chi connectivity index (χ1v) is 6.52. The van der Waals surface area contributed by atoms with Gasteiger partial charge in [-0.05, 0) is 25.8 Å². The van der Waals surface area contributed by atoms with Crippen LogP contribution in [0.5, 0.6) is 0 Å². The lowest BCUT2D eigenvalue weighted by Crippen LogP contribution is -2.30. The van der Waals surface area contributed by atoms with Crippen molar-refractivity contribution in [1.82, 2.24) is 4.98 Å². The summed E-state index contributed by atoms with van der Waals surface area (Å²) in [6.45, 7) is 2.53. The highest BCUT2D eigenvalue weighted by molar-refractivity contribution is 5.46. The first-order chi connectivity index (χ1) is 9.06. The molecule has 2 rings (SSSR count). The van der Waals surface area contributed by atoms with Crippen molar-refractivity contribution < 1.29 is 10.0 Å². The third-order valence-electron chi connectivity index (χ3n) is 3.92. The highest BCUT2D eigenvalue weighted by atomic mass is 16.6. The highest BCUT2D eigenvalue weighted by Gasteiger charge is 2.33. The van der Waals surface area contributed by atoms with Crippen LogP contribution in [0.4, 0.5) is 11.5 Å². The third kappa shape index (κ3) is 3.01. The molecular weight excluding hydrogens is 246 g/mol. The molecular formula is C13H19N3O3. The van der Waals surface area contributed by atoms with Gasteiger partial charge in [0.2, 0.25) is 0 Å². The van der Waals surface area contributed by atoms with Crippen molar-refractivity contribution in [2.75, 3.05) is 18.5 Å². The van der Waals surface area contributed by atoms with Gasteiger partial charge in [0.15, 0.2) is 0 Å². The van der Waals surface area contributed by atoms with Gasteiger partial charge >= 0.3 is 0 Å². The van der Waals surface area contributed by atoms with Gasteiger partial charge in [-0.1, -0.05) is 12.8 Å². The molecule has 0 bridgehead atoms. The van der Waals surface area contributed by atoms with E-state index in [2.05, 4.69) is 10.3 Å².